The Morgan fingerprint density at radius 3 is 2.25 bits per heavy atom. The molecule has 2 amide bonds. The molecule has 0 aliphatic heterocycles. The Hall–Kier alpha value is -3.22. The van der Waals surface area contributed by atoms with Crippen molar-refractivity contribution >= 4 is 17.7 Å². The summed E-state index contributed by atoms with van der Waals surface area (Å²) in [5, 5.41) is 3.04. The second kappa shape index (κ2) is 15.0. The van der Waals surface area contributed by atoms with Crippen LogP contribution in [0.15, 0.2) is 48.5 Å². The fourth-order valence-electron chi connectivity index (χ4n) is 3.75. The van der Waals surface area contributed by atoms with Crippen LogP contribution in [-0.4, -0.2) is 37.4 Å². The topological polar surface area (TPSA) is 77.1 Å². The van der Waals surface area contributed by atoms with Gasteiger partial charge in [0, 0.05) is 13.1 Å². The molecule has 0 saturated heterocycles. The van der Waals surface area contributed by atoms with Crippen molar-refractivity contribution in [1.82, 2.24) is 5.32 Å². The Morgan fingerprint density at radius 2 is 1.58 bits per heavy atom. The first-order valence-corrected chi connectivity index (χ1v) is 13.0. The average Bonchev–Trinajstić information content (AvgIpc) is 2.86. The number of rotatable bonds is 15. The van der Waals surface area contributed by atoms with Crippen molar-refractivity contribution in [3.05, 3.63) is 54.1 Å². The molecule has 0 spiro atoms. The van der Waals surface area contributed by atoms with Crippen LogP contribution < -0.4 is 19.7 Å². The molecule has 0 aliphatic carbocycles. The highest BCUT2D eigenvalue weighted by Gasteiger charge is 2.31. The van der Waals surface area contributed by atoms with Gasteiger partial charge in [0.05, 0.1) is 18.9 Å². The highest BCUT2D eigenvalue weighted by atomic mass is 16.6. The van der Waals surface area contributed by atoms with E-state index in [-0.39, 0.29) is 6.03 Å². The van der Waals surface area contributed by atoms with Crippen LogP contribution in [0.3, 0.4) is 0 Å². The van der Waals surface area contributed by atoms with E-state index in [1.54, 1.807) is 37.8 Å². The minimum absolute atomic E-state index is 0.165. The molecular formula is C29H42N2O5. The summed E-state index contributed by atoms with van der Waals surface area (Å²) in [5.74, 6) is 0.848. The van der Waals surface area contributed by atoms with E-state index in [4.69, 9.17) is 14.2 Å². The number of benzene rings is 2. The zero-order chi connectivity index (χ0) is 26.4. The van der Waals surface area contributed by atoms with Gasteiger partial charge in [0.15, 0.2) is 5.60 Å². The van der Waals surface area contributed by atoms with Crippen LogP contribution in [0.5, 0.6) is 11.5 Å². The first-order valence-electron chi connectivity index (χ1n) is 13.0. The van der Waals surface area contributed by atoms with Crippen molar-refractivity contribution in [1.29, 1.82) is 0 Å². The number of unbranched alkanes of at least 4 members (excludes halogenated alkanes) is 4. The van der Waals surface area contributed by atoms with E-state index in [2.05, 4.69) is 12.2 Å². The normalized spacial score (nSPS) is 11.0. The summed E-state index contributed by atoms with van der Waals surface area (Å²) in [6.07, 6.45) is 5.56. The molecule has 0 aliphatic rings. The lowest BCUT2D eigenvalue weighted by molar-refractivity contribution is -0.158. The van der Waals surface area contributed by atoms with Gasteiger partial charge in [0.1, 0.15) is 11.5 Å². The monoisotopic (exact) mass is 498 g/mol. The number of amides is 2. The third kappa shape index (κ3) is 9.10. The molecule has 0 heterocycles. The Balaban J connectivity index is 2.04. The highest BCUT2D eigenvalue weighted by Crippen LogP contribution is 2.29. The molecule has 7 nitrogen and oxygen atoms in total. The summed E-state index contributed by atoms with van der Waals surface area (Å²) in [4.78, 5) is 27.1. The Labute approximate surface area is 216 Å². The van der Waals surface area contributed by atoms with Crippen molar-refractivity contribution in [2.45, 2.75) is 78.9 Å². The van der Waals surface area contributed by atoms with Gasteiger partial charge in [-0.3, -0.25) is 4.90 Å². The summed E-state index contributed by atoms with van der Waals surface area (Å²) in [7, 11) is 0. The molecule has 36 heavy (non-hydrogen) atoms. The van der Waals surface area contributed by atoms with E-state index in [9.17, 15) is 9.59 Å². The molecular weight excluding hydrogens is 456 g/mol. The number of para-hydroxylation sites is 2. The van der Waals surface area contributed by atoms with Gasteiger partial charge in [-0.05, 0) is 63.9 Å². The van der Waals surface area contributed by atoms with Crippen LogP contribution in [-0.2, 0) is 16.1 Å². The van der Waals surface area contributed by atoms with Gasteiger partial charge in [-0.2, -0.15) is 0 Å². The van der Waals surface area contributed by atoms with Gasteiger partial charge >= 0.3 is 12.0 Å². The summed E-state index contributed by atoms with van der Waals surface area (Å²) in [6, 6.07) is 14.8. The van der Waals surface area contributed by atoms with Gasteiger partial charge in [-0.15, -0.1) is 0 Å². The fourth-order valence-corrected chi connectivity index (χ4v) is 3.75. The quantitative estimate of drug-likeness (QED) is 0.224. The second-order valence-corrected chi connectivity index (χ2v) is 9.10. The second-order valence-electron chi connectivity index (χ2n) is 9.10. The van der Waals surface area contributed by atoms with Crippen LogP contribution >= 0.6 is 0 Å². The number of anilines is 1. The molecule has 0 aromatic heterocycles. The van der Waals surface area contributed by atoms with Crippen molar-refractivity contribution in [2.75, 3.05) is 24.7 Å². The molecule has 0 saturated carbocycles. The lowest BCUT2D eigenvalue weighted by Gasteiger charge is -2.25. The van der Waals surface area contributed by atoms with E-state index in [0.29, 0.717) is 37.8 Å². The van der Waals surface area contributed by atoms with Gasteiger partial charge in [-0.1, -0.05) is 56.9 Å². The summed E-state index contributed by atoms with van der Waals surface area (Å²) < 4.78 is 16.7. The van der Waals surface area contributed by atoms with Crippen LogP contribution in [0.25, 0.3) is 0 Å². The van der Waals surface area contributed by atoms with Gasteiger partial charge < -0.3 is 19.5 Å². The van der Waals surface area contributed by atoms with E-state index < -0.39 is 11.6 Å². The average molecular weight is 499 g/mol. The zero-order valence-corrected chi connectivity index (χ0v) is 22.5. The minimum atomic E-state index is -1.09. The van der Waals surface area contributed by atoms with Crippen molar-refractivity contribution in [3.63, 3.8) is 0 Å². The van der Waals surface area contributed by atoms with Gasteiger partial charge in [-0.25, -0.2) is 9.59 Å². The molecule has 7 heteroatoms. The molecule has 2 aromatic carbocycles. The molecule has 198 valence electrons. The lowest BCUT2D eigenvalue weighted by Crippen LogP contribution is -2.40. The Bertz CT molecular complexity index is 943. The van der Waals surface area contributed by atoms with Crippen molar-refractivity contribution in [2.24, 2.45) is 0 Å². The summed E-state index contributed by atoms with van der Waals surface area (Å²) >= 11 is 0. The van der Waals surface area contributed by atoms with Crippen molar-refractivity contribution in [3.8, 4) is 11.5 Å². The predicted molar refractivity (Wildman–Crippen MR) is 144 cm³/mol. The number of ether oxygens (including phenoxy) is 3. The molecule has 1 N–H and O–H groups in total. The third-order valence-corrected chi connectivity index (χ3v) is 5.69. The van der Waals surface area contributed by atoms with E-state index in [0.717, 1.165) is 24.1 Å². The number of urea groups is 1. The molecule has 2 aromatic rings. The molecule has 0 atom stereocenters. The number of hydrogen-bond acceptors (Lipinski definition) is 5. The molecule has 0 fully saturated rings. The van der Waals surface area contributed by atoms with Crippen molar-refractivity contribution < 1.29 is 23.8 Å². The SMILES string of the molecule is CCCCCCCN(C(=O)NCc1ccc(OC(C)(C)C(=O)OCC)cc1)c1ccccc1OCC. The number of esters is 1. The predicted octanol–water partition coefficient (Wildman–Crippen LogP) is 6.49. The molecule has 0 bridgehead atoms. The smallest absolute Gasteiger partial charge is 0.349 e. The minimum Gasteiger partial charge on any atom is -0.492 e. The Morgan fingerprint density at radius 1 is 0.889 bits per heavy atom. The van der Waals surface area contributed by atoms with Crippen LogP contribution in [0, 0.1) is 0 Å². The number of carbonyl (C=O) groups is 2. The molecule has 2 rings (SSSR count). The Kier molecular flexibility index (Phi) is 12.1. The van der Waals surface area contributed by atoms with E-state index >= 15 is 0 Å². The first-order chi connectivity index (χ1) is 17.3. The number of hydrogen-bond donors (Lipinski definition) is 1. The largest absolute Gasteiger partial charge is 0.492 e. The lowest BCUT2D eigenvalue weighted by atomic mass is 10.1. The maximum atomic E-state index is 13.3. The first kappa shape index (κ1) is 29.0. The number of nitrogens with one attached hydrogen (secondary N) is 1. The van der Waals surface area contributed by atoms with Crippen LogP contribution in [0.4, 0.5) is 10.5 Å². The summed E-state index contributed by atoms with van der Waals surface area (Å²) in [5.41, 5.74) is 0.611. The van der Waals surface area contributed by atoms with Gasteiger partial charge in [0.25, 0.3) is 0 Å². The van der Waals surface area contributed by atoms with Gasteiger partial charge in [0.2, 0.25) is 0 Å². The third-order valence-electron chi connectivity index (χ3n) is 5.69. The fraction of sp³-hybridized carbons (Fsp3) is 0.517. The molecule has 0 radical (unpaired) electrons. The number of carbonyl (C=O) groups excluding carboxylic acids is 2. The zero-order valence-electron chi connectivity index (χ0n) is 22.5. The van der Waals surface area contributed by atoms with E-state index in [1.165, 1.54) is 19.3 Å². The maximum absolute atomic E-state index is 13.3. The number of nitrogens with zero attached hydrogens (tertiary/aromatic N) is 1. The van der Waals surface area contributed by atoms with Crippen LogP contribution in [0.2, 0.25) is 0 Å². The molecule has 0 unspecified atom stereocenters. The van der Waals surface area contributed by atoms with Crippen LogP contribution in [0.1, 0.15) is 72.3 Å². The standard InChI is InChI=1S/C29H42N2O5/c1-6-9-10-11-14-21-31(25-15-12-13-16-26(25)34-7-2)28(33)30-22-23-17-19-24(20-18-23)36-29(4,5)27(32)35-8-3/h12-13,15-20H,6-11,14,21-22H2,1-5H3,(H,30,33). The summed E-state index contributed by atoms with van der Waals surface area (Å²) in [6.45, 7) is 11.1. The highest BCUT2D eigenvalue weighted by molar-refractivity contribution is 5.93. The van der Waals surface area contributed by atoms with E-state index in [1.807, 2.05) is 43.3 Å². The maximum Gasteiger partial charge on any atom is 0.349 e.